The van der Waals surface area contributed by atoms with Gasteiger partial charge >= 0.3 is 0 Å². The molecule has 0 aliphatic heterocycles. The fourth-order valence-corrected chi connectivity index (χ4v) is 7.87. The number of para-hydroxylation sites is 3. The summed E-state index contributed by atoms with van der Waals surface area (Å²) in [4.78, 5) is 15.9. The monoisotopic (exact) mass is 664 g/mol. The predicted octanol–water partition coefficient (Wildman–Crippen LogP) is 12.2. The van der Waals surface area contributed by atoms with Crippen molar-refractivity contribution in [2.24, 2.45) is 0 Å². The van der Waals surface area contributed by atoms with Crippen molar-refractivity contribution >= 4 is 65.4 Å². The number of furan rings is 1. The molecule has 0 aliphatic rings. The molecule has 0 unspecified atom stereocenters. The Morgan fingerprint density at radius 2 is 1.06 bits per heavy atom. The van der Waals surface area contributed by atoms with Gasteiger partial charge in [-0.25, -0.2) is 15.0 Å². The van der Waals surface area contributed by atoms with Gasteiger partial charge in [0, 0.05) is 60.5 Å². The fourth-order valence-electron chi connectivity index (χ4n) is 7.87. The summed E-state index contributed by atoms with van der Waals surface area (Å²) < 4.78 is 8.67. The van der Waals surface area contributed by atoms with Crippen LogP contribution in [-0.2, 0) is 0 Å². The average Bonchev–Trinajstić information content (AvgIpc) is 3.77. The highest BCUT2D eigenvalue weighted by molar-refractivity contribution is 6.28. The van der Waals surface area contributed by atoms with Crippen LogP contribution in [0.1, 0.15) is 0 Å². The maximum atomic E-state index is 6.41. The molecule has 52 heavy (non-hydrogen) atoms. The van der Waals surface area contributed by atoms with Gasteiger partial charge in [0.05, 0.1) is 27.9 Å². The number of fused-ring (bicyclic) bond motifs is 10. The molecule has 11 aromatic rings. The predicted molar refractivity (Wildman–Crippen MR) is 213 cm³/mol. The van der Waals surface area contributed by atoms with Gasteiger partial charge in [0.2, 0.25) is 0 Å². The molecule has 4 heterocycles. The zero-order valence-electron chi connectivity index (χ0n) is 27.9. The Morgan fingerprint density at radius 3 is 1.81 bits per heavy atom. The van der Waals surface area contributed by atoms with Crippen LogP contribution < -0.4 is 0 Å². The van der Waals surface area contributed by atoms with Crippen molar-refractivity contribution in [2.45, 2.75) is 0 Å². The van der Waals surface area contributed by atoms with Gasteiger partial charge in [0.25, 0.3) is 0 Å². The van der Waals surface area contributed by atoms with Crippen LogP contribution in [0.25, 0.3) is 105 Å². The summed E-state index contributed by atoms with van der Waals surface area (Å²) in [6.07, 6.45) is 0. The summed E-state index contributed by atoms with van der Waals surface area (Å²) in [5.74, 6) is 1.46. The molecule has 5 nitrogen and oxygen atoms in total. The van der Waals surface area contributed by atoms with Gasteiger partial charge in [0.15, 0.2) is 5.82 Å². The minimum Gasteiger partial charge on any atom is -0.456 e. The molecule has 0 saturated heterocycles. The Balaban J connectivity index is 1.23. The Hall–Kier alpha value is -7.11. The highest BCUT2D eigenvalue weighted by atomic mass is 16.3. The molecule has 0 N–H and O–H groups in total. The van der Waals surface area contributed by atoms with Crippen molar-refractivity contribution < 1.29 is 4.42 Å². The quantitative estimate of drug-likeness (QED) is 0.176. The van der Waals surface area contributed by atoms with Gasteiger partial charge < -0.3 is 4.42 Å². The van der Waals surface area contributed by atoms with Gasteiger partial charge in [-0.15, -0.1) is 0 Å². The van der Waals surface area contributed by atoms with Crippen LogP contribution in [-0.4, -0.2) is 19.5 Å². The smallest absolute Gasteiger partial charge is 0.162 e. The normalized spacial score (nSPS) is 11.8. The third kappa shape index (κ3) is 4.33. The van der Waals surface area contributed by atoms with Gasteiger partial charge in [-0.2, -0.15) is 0 Å². The Kier molecular flexibility index (Phi) is 6.18. The van der Waals surface area contributed by atoms with Crippen LogP contribution in [0.5, 0.6) is 0 Å². The largest absolute Gasteiger partial charge is 0.456 e. The zero-order valence-corrected chi connectivity index (χ0v) is 27.9. The first-order chi connectivity index (χ1) is 25.8. The van der Waals surface area contributed by atoms with E-state index in [2.05, 4.69) is 150 Å². The molecule has 11 rings (SSSR count). The summed E-state index contributed by atoms with van der Waals surface area (Å²) in [6.45, 7) is 0. The number of nitrogens with zero attached hydrogens (tertiary/aromatic N) is 4. The number of benzene rings is 7. The van der Waals surface area contributed by atoms with Gasteiger partial charge in [-0.05, 0) is 48.5 Å². The van der Waals surface area contributed by atoms with E-state index in [9.17, 15) is 0 Å². The lowest BCUT2D eigenvalue weighted by molar-refractivity contribution is 0.669. The van der Waals surface area contributed by atoms with E-state index in [1.54, 1.807) is 0 Å². The van der Waals surface area contributed by atoms with E-state index < -0.39 is 0 Å². The molecule has 0 aliphatic carbocycles. The van der Waals surface area contributed by atoms with Crippen molar-refractivity contribution in [3.05, 3.63) is 170 Å². The number of pyridine rings is 1. The first kappa shape index (κ1) is 28.7. The van der Waals surface area contributed by atoms with E-state index >= 15 is 0 Å². The summed E-state index contributed by atoms with van der Waals surface area (Å²) in [7, 11) is 0. The molecule has 0 saturated carbocycles. The SMILES string of the molecule is c1ccc(-c2cc(-n3c4ccccc4c4ccccc43)nc(-c3ccc4nc(-c5ccccc5)c5ccc6oc7ccccc7c6c5c4c3)n2)cc1. The molecule has 0 amide bonds. The van der Waals surface area contributed by atoms with Crippen LogP contribution in [0.15, 0.2) is 174 Å². The molecular formula is C47H28N4O. The highest BCUT2D eigenvalue weighted by Crippen LogP contribution is 2.42. The van der Waals surface area contributed by atoms with E-state index in [0.29, 0.717) is 5.82 Å². The fraction of sp³-hybridized carbons (Fsp3) is 0. The molecule has 5 heteroatoms. The van der Waals surface area contributed by atoms with E-state index in [-0.39, 0.29) is 0 Å². The number of hydrogen-bond donors (Lipinski definition) is 0. The molecule has 242 valence electrons. The van der Waals surface area contributed by atoms with Crippen molar-refractivity contribution in [3.63, 3.8) is 0 Å². The summed E-state index contributed by atoms with van der Waals surface area (Å²) >= 11 is 0. The minimum atomic E-state index is 0.643. The summed E-state index contributed by atoms with van der Waals surface area (Å²) in [5, 5.41) is 7.74. The van der Waals surface area contributed by atoms with E-state index in [0.717, 1.165) is 88.5 Å². The van der Waals surface area contributed by atoms with E-state index in [4.69, 9.17) is 19.4 Å². The molecule has 0 fully saturated rings. The highest BCUT2D eigenvalue weighted by Gasteiger charge is 2.20. The van der Waals surface area contributed by atoms with E-state index in [1.165, 1.54) is 10.8 Å². The lowest BCUT2D eigenvalue weighted by Crippen LogP contribution is -2.02. The Bertz CT molecular complexity index is 3130. The maximum Gasteiger partial charge on any atom is 0.162 e. The molecule has 4 aromatic heterocycles. The lowest BCUT2D eigenvalue weighted by Gasteiger charge is -2.14. The van der Waals surface area contributed by atoms with Crippen LogP contribution in [0.3, 0.4) is 0 Å². The third-order valence-electron chi connectivity index (χ3n) is 10.2. The molecular weight excluding hydrogens is 637 g/mol. The maximum absolute atomic E-state index is 6.41. The Morgan fingerprint density at radius 1 is 0.404 bits per heavy atom. The second-order valence-corrected chi connectivity index (χ2v) is 13.2. The summed E-state index contributed by atoms with van der Waals surface area (Å²) in [6, 6.07) is 58.8. The second-order valence-electron chi connectivity index (χ2n) is 13.2. The lowest BCUT2D eigenvalue weighted by atomic mass is 9.95. The standard InChI is InChI=1S/C47H28N4O/c1-3-13-29(14-4-1)38-28-43(51-39-20-10-7-17-32(39)33-18-8-11-21-40(33)51)50-47(49-38)31-23-25-37-36(27-31)44-35(46(48-37)30-15-5-2-6-16-30)24-26-42-45(44)34-19-9-12-22-41(34)52-42/h1-28H. The zero-order chi connectivity index (χ0) is 34.2. The molecule has 0 atom stereocenters. The molecule has 7 aromatic carbocycles. The van der Waals surface area contributed by atoms with Crippen molar-refractivity contribution in [1.29, 1.82) is 0 Å². The number of aromatic nitrogens is 4. The Labute approximate surface area is 298 Å². The van der Waals surface area contributed by atoms with Crippen molar-refractivity contribution in [2.75, 3.05) is 0 Å². The first-order valence-electron chi connectivity index (χ1n) is 17.5. The van der Waals surface area contributed by atoms with Gasteiger partial charge in [0.1, 0.15) is 17.0 Å². The van der Waals surface area contributed by atoms with Crippen LogP contribution in [0.2, 0.25) is 0 Å². The topological polar surface area (TPSA) is 56.7 Å². The van der Waals surface area contributed by atoms with Crippen LogP contribution in [0, 0.1) is 0 Å². The molecule has 0 bridgehead atoms. The molecule has 0 spiro atoms. The first-order valence-corrected chi connectivity index (χ1v) is 17.5. The van der Waals surface area contributed by atoms with Gasteiger partial charge in [-0.1, -0.05) is 115 Å². The van der Waals surface area contributed by atoms with Crippen LogP contribution >= 0.6 is 0 Å². The number of rotatable bonds is 4. The third-order valence-corrected chi connectivity index (χ3v) is 10.2. The second kappa shape index (κ2) is 11.2. The van der Waals surface area contributed by atoms with Gasteiger partial charge in [-0.3, -0.25) is 4.57 Å². The summed E-state index contributed by atoms with van der Waals surface area (Å²) in [5.41, 5.74) is 9.62. The van der Waals surface area contributed by atoms with Crippen LogP contribution in [0.4, 0.5) is 0 Å². The van der Waals surface area contributed by atoms with Crippen molar-refractivity contribution in [1.82, 2.24) is 19.5 Å². The minimum absolute atomic E-state index is 0.643. The van der Waals surface area contributed by atoms with Crippen molar-refractivity contribution in [3.8, 4) is 39.7 Å². The molecule has 0 radical (unpaired) electrons. The number of hydrogen-bond acceptors (Lipinski definition) is 4. The average molecular weight is 665 g/mol. The van der Waals surface area contributed by atoms with E-state index in [1.807, 2.05) is 24.3 Å².